The third-order valence-electron chi connectivity index (χ3n) is 1.24. The second-order valence-corrected chi connectivity index (χ2v) is 7.07. The van der Waals surface area contributed by atoms with Gasteiger partial charge in [-0.05, 0) is 0 Å². The quantitative estimate of drug-likeness (QED) is 0.682. The van der Waals surface area contributed by atoms with Gasteiger partial charge in [0.05, 0.1) is 0 Å². The molecule has 0 unspecified atom stereocenters. The molecule has 0 aliphatic carbocycles. The van der Waals surface area contributed by atoms with Crippen molar-refractivity contribution < 1.29 is 12.6 Å². The molecule has 80 valence electrons. The van der Waals surface area contributed by atoms with Crippen molar-refractivity contribution in [1.82, 2.24) is 14.8 Å². The van der Waals surface area contributed by atoms with Crippen molar-refractivity contribution in [3.05, 3.63) is 6.33 Å². The minimum atomic E-state index is -4.18. The minimum Gasteiger partial charge on any atom is -0.309 e. The fraction of sp³-hybridized carbons (Fsp3) is 0.500. The van der Waals surface area contributed by atoms with Crippen molar-refractivity contribution in [2.24, 2.45) is 10.8 Å². The van der Waals surface area contributed by atoms with Crippen molar-refractivity contribution in [1.29, 1.82) is 0 Å². The van der Waals surface area contributed by atoms with Gasteiger partial charge >= 0.3 is 9.24 Å². The monoisotopic (exact) mass is 258 g/mol. The summed E-state index contributed by atoms with van der Waals surface area (Å²) in [4.78, 5) is 0. The maximum atomic E-state index is 11.7. The summed E-state index contributed by atoms with van der Waals surface area (Å²) in [5, 5.41) is 6.91. The Hall–Kier alpha value is -0.670. The summed E-state index contributed by atoms with van der Waals surface area (Å²) in [6.45, 7) is 0. The van der Waals surface area contributed by atoms with Crippen molar-refractivity contribution in [3.63, 3.8) is 0 Å². The standard InChI is InChI=1S/C4H7ClN4O3S2/c1-9-3-6-7-4(9)13(2,10)8-14(5,11)12/h3H,1-2H3/t13-/m0/s1. The van der Waals surface area contributed by atoms with Crippen LogP contribution in [0.1, 0.15) is 0 Å². The molecule has 0 spiro atoms. The van der Waals surface area contributed by atoms with Gasteiger partial charge in [-0.2, -0.15) is 8.42 Å². The lowest BCUT2D eigenvalue weighted by Crippen LogP contribution is -2.07. The maximum absolute atomic E-state index is 11.7. The summed E-state index contributed by atoms with van der Waals surface area (Å²) in [5.41, 5.74) is 0. The summed E-state index contributed by atoms with van der Waals surface area (Å²) in [5.74, 6) is 0. The molecule has 1 heterocycles. The van der Waals surface area contributed by atoms with Gasteiger partial charge in [0.2, 0.25) is 5.16 Å². The van der Waals surface area contributed by atoms with E-state index in [-0.39, 0.29) is 5.16 Å². The highest BCUT2D eigenvalue weighted by Crippen LogP contribution is 2.11. The third-order valence-corrected chi connectivity index (χ3v) is 4.64. The van der Waals surface area contributed by atoms with Crippen LogP contribution in [0.3, 0.4) is 0 Å². The number of nitrogens with zero attached hydrogens (tertiary/aromatic N) is 4. The number of hydrogen-bond acceptors (Lipinski definition) is 5. The van der Waals surface area contributed by atoms with Gasteiger partial charge in [-0.15, -0.1) is 10.2 Å². The van der Waals surface area contributed by atoms with E-state index in [1.165, 1.54) is 17.9 Å². The molecule has 0 aromatic carbocycles. The predicted molar refractivity (Wildman–Crippen MR) is 50.5 cm³/mol. The molecule has 0 N–H and O–H groups in total. The fourth-order valence-electron chi connectivity index (χ4n) is 0.819. The zero-order valence-corrected chi connectivity index (χ0v) is 9.67. The van der Waals surface area contributed by atoms with Gasteiger partial charge in [-0.3, -0.25) is 0 Å². The van der Waals surface area contributed by atoms with Gasteiger partial charge in [0.25, 0.3) is 0 Å². The molecule has 0 fully saturated rings. The van der Waals surface area contributed by atoms with Crippen LogP contribution >= 0.6 is 10.7 Å². The van der Waals surface area contributed by atoms with Crippen molar-refractivity contribution >= 4 is 29.6 Å². The highest BCUT2D eigenvalue weighted by molar-refractivity contribution is 8.17. The van der Waals surface area contributed by atoms with Gasteiger partial charge in [0, 0.05) is 24.0 Å². The Bertz CT molecular complexity index is 553. The highest BCUT2D eigenvalue weighted by atomic mass is 35.7. The lowest BCUT2D eigenvalue weighted by molar-refractivity contribution is 0.610. The van der Waals surface area contributed by atoms with E-state index in [9.17, 15) is 12.6 Å². The molecule has 1 aromatic rings. The molecule has 0 bridgehead atoms. The molecule has 1 atom stereocenters. The maximum Gasteiger partial charge on any atom is 0.347 e. The first kappa shape index (κ1) is 11.4. The van der Waals surface area contributed by atoms with Crippen LogP contribution in [0.2, 0.25) is 0 Å². The Kier molecular flexibility index (Phi) is 2.83. The summed E-state index contributed by atoms with van der Waals surface area (Å²) in [6, 6.07) is 0. The fourth-order valence-corrected chi connectivity index (χ4v) is 4.19. The molecule has 7 nitrogen and oxygen atoms in total. The van der Waals surface area contributed by atoms with Crippen LogP contribution in [0.15, 0.2) is 15.3 Å². The predicted octanol–water partition coefficient (Wildman–Crippen LogP) is -0.245. The molecule has 14 heavy (non-hydrogen) atoms. The van der Waals surface area contributed by atoms with Crippen LogP contribution < -0.4 is 0 Å². The lowest BCUT2D eigenvalue weighted by atomic mass is 11.1. The molecular weight excluding hydrogens is 252 g/mol. The van der Waals surface area contributed by atoms with E-state index in [0.29, 0.717) is 0 Å². The molecule has 0 aliphatic heterocycles. The Labute approximate surface area is 85.8 Å². The topological polar surface area (TPSA) is 94.3 Å². The Morgan fingerprint density at radius 1 is 1.50 bits per heavy atom. The van der Waals surface area contributed by atoms with E-state index in [2.05, 4.69) is 14.0 Å². The van der Waals surface area contributed by atoms with Crippen LogP contribution in [0, 0.1) is 0 Å². The van der Waals surface area contributed by atoms with E-state index in [1.54, 1.807) is 0 Å². The number of halogens is 1. The van der Waals surface area contributed by atoms with Crippen molar-refractivity contribution in [2.45, 2.75) is 5.16 Å². The summed E-state index contributed by atoms with van der Waals surface area (Å²) >= 11 is 0. The first-order chi connectivity index (χ1) is 6.22. The van der Waals surface area contributed by atoms with Crippen molar-refractivity contribution in [2.75, 3.05) is 6.26 Å². The average molecular weight is 259 g/mol. The molecule has 0 amide bonds. The zero-order chi connectivity index (χ0) is 11.0. The van der Waals surface area contributed by atoms with Crippen LogP contribution in [0.25, 0.3) is 0 Å². The first-order valence-corrected chi connectivity index (χ1v) is 7.43. The molecule has 1 aromatic heterocycles. The second kappa shape index (κ2) is 3.48. The first-order valence-electron chi connectivity index (χ1n) is 3.24. The molecule has 1 rings (SSSR count). The van der Waals surface area contributed by atoms with Crippen LogP contribution in [0.4, 0.5) is 0 Å². The zero-order valence-electron chi connectivity index (χ0n) is 7.29. The SMILES string of the molecule is Cn1cnnc1[S@](C)(=O)=NS(=O)(=O)Cl. The normalized spacial score (nSPS) is 16.2. The van der Waals surface area contributed by atoms with Crippen LogP contribution in [-0.4, -0.2) is 33.6 Å². The summed E-state index contributed by atoms with van der Waals surface area (Å²) in [7, 11) is -0.966. The Balaban J connectivity index is 3.44. The molecule has 0 aliphatic rings. The highest BCUT2D eigenvalue weighted by Gasteiger charge is 2.16. The molecule has 0 saturated heterocycles. The van der Waals surface area contributed by atoms with E-state index < -0.39 is 19.0 Å². The van der Waals surface area contributed by atoms with Gasteiger partial charge in [-0.25, -0.2) is 4.21 Å². The molecule has 10 heteroatoms. The van der Waals surface area contributed by atoms with E-state index in [4.69, 9.17) is 10.7 Å². The number of aryl methyl sites for hydroxylation is 1. The van der Waals surface area contributed by atoms with E-state index in [1.807, 2.05) is 0 Å². The van der Waals surface area contributed by atoms with Crippen LogP contribution in [-0.2, 0) is 26.0 Å². The van der Waals surface area contributed by atoms with Gasteiger partial charge in [0.15, 0.2) is 0 Å². The van der Waals surface area contributed by atoms with E-state index in [0.717, 1.165) is 6.26 Å². The average Bonchev–Trinajstić information content (AvgIpc) is 2.29. The van der Waals surface area contributed by atoms with Crippen LogP contribution in [0.5, 0.6) is 0 Å². The van der Waals surface area contributed by atoms with Gasteiger partial charge in [-0.1, -0.05) is 3.77 Å². The number of rotatable bonds is 2. The summed E-state index contributed by atoms with van der Waals surface area (Å²) in [6.07, 6.45) is 2.41. The Morgan fingerprint density at radius 3 is 2.43 bits per heavy atom. The Morgan fingerprint density at radius 2 is 2.07 bits per heavy atom. The largest absolute Gasteiger partial charge is 0.347 e. The minimum absolute atomic E-state index is 0.0401. The molecule has 0 radical (unpaired) electrons. The second-order valence-electron chi connectivity index (χ2n) is 2.51. The lowest BCUT2D eigenvalue weighted by Gasteiger charge is -2.00. The van der Waals surface area contributed by atoms with Gasteiger partial charge in [0.1, 0.15) is 16.1 Å². The number of aromatic nitrogens is 3. The smallest absolute Gasteiger partial charge is 0.309 e. The molecular formula is C4H7ClN4O3S2. The summed E-state index contributed by atoms with van der Waals surface area (Å²) < 4.78 is 37.3. The number of hydrogen-bond donors (Lipinski definition) is 0. The van der Waals surface area contributed by atoms with Gasteiger partial charge < -0.3 is 4.57 Å². The molecule has 0 saturated carbocycles. The third kappa shape index (κ3) is 2.66. The van der Waals surface area contributed by atoms with Crippen molar-refractivity contribution in [3.8, 4) is 0 Å². The van der Waals surface area contributed by atoms with E-state index >= 15 is 0 Å².